The van der Waals surface area contributed by atoms with Gasteiger partial charge in [-0.15, -0.1) is 0 Å². The molecule has 1 aliphatic heterocycles. The predicted octanol–water partition coefficient (Wildman–Crippen LogP) is 5.30. The van der Waals surface area contributed by atoms with Crippen LogP contribution in [-0.2, 0) is 23.5 Å². The third-order valence-electron chi connectivity index (χ3n) is 7.14. The Morgan fingerprint density at radius 2 is 1.83 bits per heavy atom. The molecule has 0 radical (unpaired) electrons. The van der Waals surface area contributed by atoms with E-state index < -0.39 is 16.8 Å². The second-order valence-electron chi connectivity index (χ2n) is 11.6. The van der Waals surface area contributed by atoms with E-state index in [1.807, 2.05) is 27.7 Å². The van der Waals surface area contributed by atoms with Gasteiger partial charge in [-0.05, 0) is 43.2 Å². The average molecular weight is 522 g/mol. The Bertz CT molecular complexity index is 1170. The summed E-state index contributed by atoms with van der Waals surface area (Å²) in [5.74, 6) is 0.270. The van der Waals surface area contributed by atoms with Crippen LogP contribution in [0.4, 0.5) is 8.78 Å². The van der Waals surface area contributed by atoms with E-state index in [2.05, 4.69) is 9.88 Å². The zero-order chi connectivity index (χ0) is 26.3. The van der Waals surface area contributed by atoms with E-state index in [4.69, 9.17) is 4.74 Å². The van der Waals surface area contributed by atoms with Gasteiger partial charge in [0.05, 0.1) is 36.1 Å². The molecule has 2 fully saturated rings. The van der Waals surface area contributed by atoms with Crippen LogP contribution in [-0.4, -0.2) is 34.3 Å². The number of hydrogen-bond donors (Lipinski definition) is 1. The van der Waals surface area contributed by atoms with Gasteiger partial charge < -0.3 is 19.2 Å². The molecule has 2 aromatic heterocycles. The molecule has 4 rings (SSSR count). The topological polar surface area (TPSA) is 65.3 Å². The molecule has 198 valence electrons. The summed E-state index contributed by atoms with van der Waals surface area (Å²) >= 11 is 0. The van der Waals surface area contributed by atoms with Crippen LogP contribution in [0.25, 0.3) is 11.3 Å². The van der Waals surface area contributed by atoms with Crippen molar-refractivity contribution < 1.29 is 18.3 Å². The molecule has 3 heterocycles. The van der Waals surface area contributed by atoms with Crippen molar-refractivity contribution >= 4 is 15.1 Å². The fourth-order valence-corrected chi connectivity index (χ4v) is 5.41. The number of alkyl halides is 2. The van der Waals surface area contributed by atoms with Gasteiger partial charge in [-0.3, -0.25) is 9.59 Å². The SMILES string of the molecule is Cc1c(C(=O)NC2COC2)cc(-c2cc(C(F)(F)P)c(=O)n(CC(C)(C)C)c2)n1CC1CCCCC1. The summed E-state index contributed by atoms with van der Waals surface area (Å²) in [5, 5.41) is 3.00. The number of carbonyl (C=O) groups is 1. The van der Waals surface area contributed by atoms with Crippen molar-refractivity contribution in [3.8, 4) is 11.3 Å². The van der Waals surface area contributed by atoms with Crippen molar-refractivity contribution in [3.05, 3.63) is 45.5 Å². The van der Waals surface area contributed by atoms with Crippen LogP contribution in [0.3, 0.4) is 0 Å². The van der Waals surface area contributed by atoms with Gasteiger partial charge in [0.1, 0.15) is 0 Å². The van der Waals surface area contributed by atoms with Crippen LogP contribution in [0.15, 0.2) is 23.1 Å². The number of hydrogen-bond acceptors (Lipinski definition) is 3. The Kier molecular flexibility index (Phi) is 7.78. The van der Waals surface area contributed by atoms with Gasteiger partial charge in [0.25, 0.3) is 17.1 Å². The minimum atomic E-state index is -3.37. The lowest BCUT2D eigenvalue weighted by molar-refractivity contribution is -0.00347. The molecule has 36 heavy (non-hydrogen) atoms. The highest BCUT2D eigenvalue weighted by atomic mass is 31.0. The van der Waals surface area contributed by atoms with Gasteiger partial charge in [0.15, 0.2) is 0 Å². The number of nitrogens with zero attached hydrogens (tertiary/aromatic N) is 2. The summed E-state index contributed by atoms with van der Waals surface area (Å²) < 4.78 is 37.8. The van der Waals surface area contributed by atoms with E-state index in [0.717, 1.165) is 18.5 Å². The minimum Gasteiger partial charge on any atom is -0.377 e. The van der Waals surface area contributed by atoms with Crippen LogP contribution in [0.5, 0.6) is 0 Å². The maximum absolute atomic E-state index is 14.6. The van der Waals surface area contributed by atoms with Gasteiger partial charge in [-0.2, -0.15) is 8.78 Å². The maximum Gasteiger partial charge on any atom is 0.289 e. The summed E-state index contributed by atoms with van der Waals surface area (Å²) in [4.78, 5) is 26.1. The first-order valence-electron chi connectivity index (χ1n) is 12.8. The van der Waals surface area contributed by atoms with E-state index in [1.54, 1.807) is 12.3 Å². The highest BCUT2D eigenvalue weighted by molar-refractivity contribution is 7.17. The second-order valence-corrected chi connectivity index (χ2v) is 12.3. The molecule has 6 nitrogen and oxygen atoms in total. The van der Waals surface area contributed by atoms with Crippen molar-refractivity contribution in [3.63, 3.8) is 0 Å². The Morgan fingerprint density at radius 1 is 1.17 bits per heavy atom. The first kappa shape index (κ1) is 27.0. The molecule has 0 bridgehead atoms. The van der Waals surface area contributed by atoms with Crippen molar-refractivity contribution in [1.29, 1.82) is 0 Å². The lowest BCUT2D eigenvalue weighted by Crippen LogP contribution is -2.48. The number of aromatic nitrogens is 2. The van der Waals surface area contributed by atoms with Gasteiger partial charge in [-0.1, -0.05) is 49.3 Å². The smallest absolute Gasteiger partial charge is 0.289 e. The molecular weight excluding hydrogens is 483 g/mol. The molecular formula is C27H38F2N3O3P. The zero-order valence-electron chi connectivity index (χ0n) is 21.7. The van der Waals surface area contributed by atoms with E-state index >= 15 is 0 Å². The Labute approximate surface area is 214 Å². The number of amides is 1. The highest BCUT2D eigenvalue weighted by Crippen LogP contribution is 2.36. The Balaban J connectivity index is 1.84. The zero-order valence-corrected chi connectivity index (χ0v) is 22.9. The van der Waals surface area contributed by atoms with Crippen LogP contribution in [0.2, 0.25) is 0 Å². The monoisotopic (exact) mass is 521 g/mol. The van der Waals surface area contributed by atoms with Gasteiger partial charge in [0, 0.05) is 30.5 Å². The van der Waals surface area contributed by atoms with E-state index in [9.17, 15) is 18.4 Å². The number of ether oxygens (including phenoxy) is 1. The van der Waals surface area contributed by atoms with Crippen molar-refractivity contribution in [2.24, 2.45) is 11.3 Å². The standard InChI is InChI=1S/C27H38F2N3O3P/c1-17-21(24(33)30-20-14-35-15-20)11-23(32(17)12-18-8-6-5-7-9-18)19-10-22(27(28,29)36)25(34)31(13-19)16-26(2,3)4/h10-11,13,18,20H,5-9,12,14-16,36H2,1-4H3,(H,30,33). The fourth-order valence-electron chi connectivity index (χ4n) is 5.20. The fraction of sp³-hybridized carbons (Fsp3) is 0.630. The maximum atomic E-state index is 14.6. The molecule has 1 unspecified atom stereocenters. The molecule has 1 amide bonds. The molecule has 9 heteroatoms. The molecule has 0 aromatic carbocycles. The third-order valence-corrected chi connectivity index (χ3v) is 7.45. The van der Waals surface area contributed by atoms with Crippen LogP contribution >= 0.6 is 9.24 Å². The molecule has 1 saturated carbocycles. The molecule has 2 aliphatic rings. The first-order chi connectivity index (χ1) is 16.8. The number of carbonyl (C=O) groups excluding carboxylic acids is 1. The van der Waals surface area contributed by atoms with Crippen LogP contribution in [0.1, 0.15) is 74.5 Å². The largest absolute Gasteiger partial charge is 0.377 e. The predicted molar refractivity (Wildman–Crippen MR) is 141 cm³/mol. The lowest BCUT2D eigenvalue weighted by Gasteiger charge is -2.27. The van der Waals surface area contributed by atoms with Crippen molar-refractivity contribution in [2.75, 3.05) is 13.2 Å². The third kappa shape index (κ3) is 6.08. The van der Waals surface area contributed by atoms with E-state index in [-0.39, 0.29) is 17.4 Å². The van der Waals surface area contributed by atoms with E-state index in [0.29, 0.717) is 49.0 Å². The average Bonchev–Trinajstić information content (AvgIpc) is 3.07. The number of pyridine rings is 1. The van der Waals surface area contributed by atoms with Crippen LogP contribution < -0.4 is 10.9 Å². The van der Waals surface area contributed by atoms with Crippen LogP contribution in [0, 0.1) is 18.3 Å². The van der Waals surface area contributed by atoms with Gasteiger partial charge in [0.2, 0.25) is 0 Å². The summed E-state index contributed by atoms with van der Waals surface area (Å²) in [6.45, 7) is 9.80. The number of nitrogens with one attached hydrogen (secondary N) is 1. The van der Waals surface area contributed by atoms with Crippen molar-refractivity contribution in [2.45, 2.75) is 84.6 Å². The Hall–Kier alpha value is -2.05. The molecule has 1 atom stereocenters. The summed E-state index contributed by atoms with van der Waals surface area (Å²) in [7, 11) is 1.50. The van der Waals surface area contributed by atoms with Gasteiger partial charge >= 0.3 is 0 Å². The number of rotatable bonds is 7. The normalized spacial score (nSPS) is 17.8. The van der Waals surface area contributed by atoms with Gasteiger partial charge in [-0.25, -0.2) is 0 Å². The second kappa shape index (κ2) is 10.4. The van der Waals surface area contributed by atoms with Crippen molar-refractivity contribution in [1.82, 2.24) is 14.5 Å². The minimum absolute atomic E-state index is 0.0156. The van der Waals surface area contributed by atoms with E-state index in [1.165, 1.54) is 39.1 Å². The molecule has 1 N–H and O–H groups in total. The molecule has 1 aliphatic carbocycles. The molecule has 1 saturated heterocycles. The summed E-state index contributed by atoms with van der Waals surface area (Å²) in [5.41, 5.74) is -2.37. The summed E-state index contributed by atoms with van der Waals surface area (Å²) in [6, 6.07) is 3.07. The Morgan fingerprint density at radius 3 is 2.39 bits per heavy atom. The highest BCUT2D eigenvalue weighted by Gasteiger charge is 2.32. The number of halogens is 2. The lowest BCUT2D eigenvalue weighted by atomic mass is 9.89. The molecule has 0 spiro atoms. The summed E-state index contributed by atoms with van der Waals surface area (Å²) in [6.07, 6.45) is 7.47. The quantitative estimate of drug-likeness (QED) is 0.503. The first-order valence-corrected chi connectivity index (χ1v) is 13.4. The molecule has 2 aromatic rings.